The van der Waals surface area contributed by atoms with Crippen molar-refractivity contribution < 1.29 is 4.79 Å². The Bertz CT molecular complexity index is 346. The van der Waals surface area contributed by atoms with Gasteiger partial charge >= 0.3 is 0 Å². The number of carbonyl (C=O) groups excluding carboxylic acids is 1. The normalized spacial score (nSPS) is 19.7. The fourth-order valence-corrected chi connectivity index (χ4v) is 3.19. The van der Waals surface area contributed by atoms with Crippen LogP contribution in [-0.2, 0) is 11.3 Å². The molecule has 0 N–H and O–H groups in total. The fraction of sp³-hybridized carbons (Fsp3) is 0.462. The molecule has 1 saturated heterocycles. The summed E-state index contributed by atoms with van der Waals surface area (Å²) in [6.45, 7) is 0.723. The smallest absolute Gasteiger partial charge is 0.226 e. The standard InChI is InChI=1S/C13H17NOS/c1-14(9-11-5-3-2-4-6-11)13(15)12-7-8-16-10-12/h2-6,12H,7-10H2,1H3. The SMILES string of the molecule is CN(Cc1ccccc1)C(=O)C1CCSC1. The van der Waals surface area contributed by atoms with Crippen LogP contribution in [0.5, 0.6) is 0 Å². The average Bonchev–Trinajstić information content (AvgIpc) is 2.83. The quantitative estimate of drug-likeness (QED) is 0.802. The Labute approximate surface area is 101 Å². The summed E-state index contributed by atoms with van der Waals surface area (Å²) in [5, 5.41) is 0. The molecule has 1 aliphatic heterocycles. The topological polar surface area (TPSA) is 20.3 Å². The number of thioether (sulfide) groups is 1. The molecule has 3 heteroatoms. The highest BCUT2D eigenvalue weighted by Gasteiger charge is 2.25. The van der Waals surface area contributed by atoms with Gasteiger partial charge in [-0.15, -0.1) is 0 Å². The Morgan fingerprint density at radius 1 is 1.44 bits per heavy atom. The van der Waals surface area contributed by atoms with E-state index in [-0.39, 0.29) is 5.92 Å². The number of rotatable bonds is 3. The Kier molecular flexibility index (Phi) is 3.88. The molecule has 1 unspecified atom stereocenters. The van der Waals surface area contributed by atoms with Crippen molar-refractivity contribution in [3.05, 3.63) is 35.9 Å². The van der Waals surface area contributed by atoms with Gasteiger partial charge in [0, 0.05) is 25.3 Å². The number of amides is 1. The summed E-state index contributed by atoms with van der Waals surface area (Å²) >= 11 is 1.89. The minimum Gasteiger partial charge on any atom is -0.341 e. The van der Waals surface area contributed by atoms with Gasteiger partial charge in [-0.3, -0.25) is 4.79 Å². The third-order valence-corrected chi connectivity index (χ3v) is 4.08. The first kappa shape index (κ1) is 11.5. The summed E-state index contributed by atoms with van der Waals surface area (Å²) in [5.74, 6) is 2.68. The van der Waals surface area contributed by atoms with Gasteiger partial charge < -0.3 is 4.90 Å². The lowest BCUT2D eigenvalue weighted by Gasteiger charge is -2.20. The highest BCUT2D eigenvalue weighted by atomic mass is 32.2. The average molecular weight is 235 g/mol. The summed E-state index contributed by atoms with van der Waals surface area (Å²) in [6.07, 6.45) is 1.04. The molecule has 2 nitrogen and oxygen atoms in total. The molecule has 0 aliphatic carbocycles. The molecule has 0 bridgehead atoms. The summed E-state index contributed by atoms with van der Waals surface area (Å²) in [6, 6.07) is 10.2. The molecule has 16 heavy (non-hydrogen) atoms. The molecule has 1 atom stereocenters. The van der Waals surface area contributed by atoms with Gasteiger partial charge in [0.15, 0.2) is 0 Å². The van der Waals surface area contributed by atoms with Gasteiger partial charge in [0.05, 0.1) is 0 Å². The molecular weight excluding hydrogens is 218 g/mol. The lowest BCUT2D eigenvalue weighted by molar-refractivity contribution is -0.133. The van der Waals surface area contributed by atoms with Gasteiger partial charge in [-0.25, -0.2) is 0 Å². The van der Waals surface area contributed by atoms with Crippen LogP contribution < -0.4 is 0 Å². The summed E-state index contributed by atoms with van der Waals surface area (Å²) in [7, 11) is 1.90. The number of hydrogen-bond acceptors (Lipinski definition) is 2. The van der Waals surface area contributed by atoms with E-state index in [2.05, 4.69) is 12.1 Å². The van der Waals surface area contributed by atoms with Crippen LogP contribution >= 0.6 is 11.8 Å². The third kappa shape index (κ3) is 2.79. The Balaban J connectivity index is 1.92. The second-order valence-electron chi connectivity index (χ2n) is 4.24. The number of benzene rings is 1. The molecule has 0 spiro atoms. The van der Waals surface area contributed by atoms with E-state index in [0.29, 0.717) is 5.91 Å². The van der Waals surface area contributed by atoms with Crippen molar-refractivity contribution in [2.24, 2.45) is 5.92 Å². The van der Waals surface area contributed by atoms with Crippen LogP contribution in [0.4, 0.5) is 0 Å². The van der Waals surface area contributed by atoms with Crippen molar-refractivity contribution in [2.45, 2.75) is 13.0 Å². The molecule has 1 fully saturated rings. The number of hydrogen-bond donors (Lipinski definition) is 0. The van der Waals surface area contributed by atoms with Crippen LogP contribution in [0.15, 0.2) is 30.3 Å². The van der Waals surface area contributed by atoms with E-state index in [1.54, 1.807) is 0 Å². The van der Waals surface area contributed by atoms with E-state index in [1.807, 2.05) is 41.9 Å². The fourth-order valence-electron chi connectivity index (χ4n) is 1.98. The lowest BCUT2D eigenvalue weighted by atomic mass is 10.1. The van der Waals surface area contributed by atoms with Crippen molar-refractivity contribution in [1.29, 1.82) is 0 Å². The second kappa shape index (κ2) is 5.39. The molecular formula is C13H17NOS. The van der Waals surface area contributed by atoms with Crippen LogP contribution in [-0.4, -0.2) is 29.4 Å². The van der Waals surface area contributed by atoms with Crippen molar-refractivity contribution in [2.75, 3.05) is 18.6 Å². The van der Waals surface area contributed by atoms with Crippen molar-refractivity contribution in [1.82, 2.24) is 4.90 Å². The van der Waals surface area contributed by atoms with Crippen LogP contribution in [0, 0.1) is 5.92 Å². The first-order chi connectivity index (χ1) is 7.77. The predicted molar refractivity (Wildman–Crippen MR) is 68.3 cm³/mol. The molecule has 1 heterocycles. The lowest BCUT2D eigenvalue weighted by Crippen LogP contribution is -2.32. The molecule has 1 aliphatic rings. The maximum absolute atomic E-state index is 12.1. The highest BCUT2D eigenvalue weighted by molar-refractivity contribution is 7.99. The highest BCUT2D eigenvalue weighted by Crippen LogP contribution is 2.25. The maximum atomic E-state index is 12.1. The summed E-state index contributed by atoms with van der Waals surface area (Å²) < 4.78 is 0. The monoisotopic (exact) mass is 235 g/mol. The molecule has 1 aromatic carbocycles. The Hall–Kier alpha value is -0.960. The van der Waals surface area contributed by atoms with Crippen molar-refractivity contribution in [3.8, 4) is 0 Å². The Morgan fingerprint density at radius 2 is 2.19 bits per heavy atom. The van der Waals surface area contributed by atoms with E-state index in [1.165, 1.54) is 5.56 Å². The number of nitrogens with zero attached hydrogens (tertiary/aromatic N) is 1. The largest absolute Gasteiger partial charge is 0.341 e. The van der Waals surface area contributed by atoms with Gasteiger partial charge in [-0.05, 0) is 17.7 Å². The van der Waals surface area contributed by atoms with Gasteiger partial charge in [0.25, 0.3) is 0 Å². The first-order valence-corrected chi connectivity index (χ1v) is 6.79. The molecule has 1 aromatic rings. The molecule has 1 amide bonds. The third-order valence-electron chi connectivity index (χ3n) is 2.92. The zero-order valence-corrected chi connectivity index (χ0v) is 10.4. The van der Waals surface area contributed by atoms with Gasteiger partial charge in [-0.1, -0.05) is 30.3 Å². The number of carbonyl (C=O) groups is 1. The van der Waals surface area contributed by atoms with Gasteiger partial charge in [0.1, 0.15) is 0 Å². The molecule has 0 saturated carbocycles. The molecule has 86 valence electrons. The van der Waals surface area contributed by atoms with Crippen LogP contribution in [0.3, 0.4) is 0 Å². The van der Waals surface area contributed by atoms with E-state index in [0.717, 1.165) is 24.5 Å². The predicted octanol–water partition coefficient (Wildman–Crippen LogP) is 2.40. The zero-order chi connectivity index (χ0) is 11.4. The van der Waals surface area contributed by atoms with E-state index >= 15 is 0 Å². The van der Waals surface area contributed by atoms with Crippen molar-refractivity contribution in [3.63, 3.8) is 0 Å². The second-order valence-corrected chi connectivity index (χ2v) is 5.39. The Morgan fingerprint density at radius 3 is 2.81 bits per heavy atom. The molecule has 0 radical (unpaired) electrons. The van der Waals surface area contributed by atoms with Gasteiger partial charge in [-0.2, -0.15) is 11.8 Å². The van der Waals surface area contributed by atoms with E-state index in [4.69, 9.17) is 0 Å². The van der Waals surface area contributed by atoms with Crippen LogP contribution in [0.1, 0.15) is 12.0 Å². The summed E-state index contributed by atoms with van der Waals surface area (Å²) in [4.78, 5) is 13.9. The summed E-state index contributed by atoms with van der Waals surface area (Å²) in [5.41, 5.74) is 1.20. The van der Waals surface area contributed by atoms with Crippen LogP contribution in [0.25, 0.3) is 0 Å². The van der Waals surface area contributed by atoms with Crippen LogP contribution in [0.2, 0.25) is 0 Å². The minimum absolute atomic E-state index is 0.249. The first-order valence-electron chi connectivity index (χ1n) is 5.64. The van der Waals surface area contributed by atoms with Gasteiger partial charge in [0.2, 0.25) is 5.91 Å². The maximum Gasteiger partial charge on any atom is 0.226 e. The van der Waals surface area contributed by atoms with E-state index in [9.17, 15) is 4.79 Å². The minimum atomic E-state index is 0.249. The van der Waals surface area contributed by atoms with Crippen molar-refractivity contribution >= 4 is 17.7 Å². The molecule has 2 rings (SSSR count). The molecule has 0 aromatic heterocycles. The zero-order valence-electron chi connectivity index (χ0n) is 9.56. The van der Waals surface area contributed by atoms with E-state index < -0.39 is 0 Å².